The van der Waals surface area contributed by atoms with E-state index in [1.54, 1.807) is 6.92 Å². The van der Waals surface area contributed by atoms with E-state index in [4.69, 9.17) is 14.6 Å². The van der Waals surface area contributed by atoms with Crippen LogP contribution in [0.15, 0.2) is 48.7 Å². The molecule has 1 fully saturated rings. The average molecular weight is 520 g/mol. The summed E-state index contributed by atoms with van der Waals surface area (Å²) < 4.78 is 66.5. The summed E-state index contributed by atoms with van der Waals surface area (Å²) >= 11 is 0. The minimum Gasteiger partial charge on any atom is -0.475 e. The molecule has 0 bridgehead atoms. The van der Waals surface area contributed by atoms with E-state index in [2.05, 4.69) is 10.3 Å². The number of hydrogen-bond acceptors (Lipinski definition) is 6. The molecule has 2 aromatic carbocycles. The molecule has 1 saturated carbocycles. The highest BCUT2D eigenvalue weighted by atomic mass is 19.4. The summed E-state index contributed by atoms with van der Waals surface area (Å²) in [6, 6.07) is 8.43. The predicted molar refractivity (Wildman–Crippen MR) is 125 cm³/mol. The number of aliphatic hydroxyl groups is 2. The zero-order chi connectivity index (χ0) is 26.7. The topological polar surface area (TPSA) is 101 Å². The summed E-state index contributed by atoms with van der Waals surface area (Å²) in [5.41, 5.74) is -0.672. The van der Waals surface area contributed by atoms with Crippen molar-refractivity contribution in [2.75, 3.05) is 18.5 Å². The number of pyridine rings is 1. The Bertz CT molecular complexity index is 1290. The van der Waals surface area contributed by atoms with Crippen LogP contribution in [0.4, 0.5) is 23.2 Å². The maximum Gasteiger partial charge on any atom is 0.416 e. The van der Waals surface area contributed by atoms with Gasteiger partial charge in [0.1, 0.15) is 30.0 Å². The summed E-state index contributed by atoms with van der Waals surface area (Å²) in [6.45, 7) is 0.800. The third-order valence-electron chi connectivity index (χ3n) is 5.70. The molecular weight excluding hydrogens is 496 g/mol. The monoisotopic (exact) mass is 520 g/mol. The molecule has 0 spiro atoms. The summed E-state index contributed by atoms with van der Waals surface area (Å²) in [6.07, 6.45) is -3.35. The quantitative estimate of drug-likeness (QED) is 0.335. The Morgan fingerprint density at radius 2 is 1.92 bits per heavy atom. The molecule has 0 radical (unpaired) electrons. The summed E-state index contributed by atoms with van der Waals surface area (Å²) in [4.78, 5) is 17.1. The fourth-order valence-electron chi connectivity index (χ4n) is 3.68. The van der Waals surface area contributed by atoms with Gasteiger partial charge in [-0.25, -0.2) is 9.37 Å². The fourth-order valence-corrected chi connectivity index (χ4v) is 3.68. The number of aliphatic hydroxyl groups excluding tert-OH is 2. The minimum absolute atomic E-state index is 0.0174. The van der Waals surface area contributed by atoms with Crippen LogP contribution in [0.3, 0.4) is 0 Å². The van der Waals surface area contributed by atoms with E-state index in [1.807, 2.05) is 0 Å². The van der Waals surface area contributed by atoms with Gasteiger partial charge < -0.3 is 25.0 Å². The molecule has 0 saturated heterocycles. The molecule has 1 aliphatic rings. The van der Waals surface area contributed by atoms with Crippen LogP contribution in [0.2, 0.25) is 0 Å². The van der Waals surface area contributed by atoms with Gasteiger partial charge in [0.25, 0.3) is 5.91 Å². The van der Waals surface area contributed by atoms with E-state index in [-0.39, 0.29) is 46.7 Å². The van der Waals surface area contributed by atoms with Crippen LogP contribution < -0.4 is 14.8 Å². The van der Waals surface area contributed by atoms with Crippen molar-refractivity contribution in [2.24, 2.45) is 0 Å². The van der Waals surface area contributed by atoms with Gasteiger partial charge in [-0.2, -0.15) is 13.2 Å². The molecule has 3 aromatic rings. The second-order valence-corrected chi connectivity index (χ2v) is 8.70. The van der Waals surface area contributed by atoms with Gasteiger partial charge in [-0.1, -0.05) is 0 Å². The van der Waals surface area contributed by atoms with Crippen LogP contribution in [0.25, 0.3) is 0 Å². The summed E-state index contributed by atoms with van der Waals surface area (Å²) in [5.74, 6) is -1.56. The molecule has 0 unspecified atom stereocenters. The van der Waals surface area contributed by atoms with E-state index >= 15 is 0 Å². The largest absolute Gasteiger partial charge is 0.475 e. The third-order valence-corrected chi connectivity index (χ3v) is 5.70. The summed E-state index contributed by atoms with van der Waals surface area (Å²) in [7, 11) is 0. The Morgan fingerprint density at radius 3 is 2.57 bits per heavy atom. The summed E-state index contributed by atoms with van der Waals surface area (Å²) in [5, 5.41) is 20.8. The fraction of sp³-hybridized carbons (Fsp3) is 0.308. The second kappa shape index (κ2) is 10.7. The lowest BCUT2D eigenvalue weighted by Gasteiger charge is -2.19. The Hall–Kier alpha value is -3.70. The first-order valence-electron chi connectivity index (χ1n) is 11.4. The van der Waals surface area contributed by atoms with Crippen molar-refractivity contribution in [3.8, 4) is 17.4 Å². The zero-order valence-corrected chi connectivity index (χ0v) is 19.7. The number of benzene rings is 2. The number of hydrogen-bond donors (Lipinski definition) is 3. The molecule has 196 valence electrons. The van der Waals surface area contributed by atoms with Gasteiger partial charge >= 0.3 is 6.18 Å². The molecule has 11 heteroatoms. The van der Waals surface area contributed by atoms with Crippen LogP contribution in [0.5, 0.6) is 17.4 Å². The lowest BCUT2D eigenvalue weighted by atomic mass is 9.98. The van der Waals surface area contributed by atoms with Crippen LogP contribution in [0, 0.1) is 12.7 Å². The number of halogens is 4. The van der Waals surface area contributed by atoms with E-state index < -0.39 is 36.2 Å². The minimum atomic E-state index is -4.69. The number of amides is 1. The molecule has 0 aliphatic heterocycles. The van der Waals surface area contributed by atoms with Gasteiger partial charge in [0.05, 0.1) is 17.7 Å². The Kier molecular flexibility index (Phi) is 7.65. The first-order chi connectivity index (χ1) is 17.5. The SMILES string of the molecule is Cc1cc(F)ccc1Oc1cc(C2CC2)c(C(F)(F)F)cc1C(=O)Nc1ccnc(OC[C@H](O)CO)c1. The number of aryl methyl sites for hydroxylation is 1. The van der Waals surface area contributed by atoms with Crippen LogP contribution in [-0.2, 0) is 6.18 Å². The Morgan fingerprint density at radius 1 is 1.16 bits per heavy atom. The smallest absolute Gasteiger partial charge is 0.416 e. The third kappa shape index (κ3) is 6.55. The van der Waals surface area contributed by atoms with Gasteiger partial charge in [-0.05, 0) is 73.2 Å². The van der Waals surface area contributed by atoms with E-state index in [1.165, 1.54) is 36.5 Å². The lowest BCUT2D eigenvalue weighted by molar-refractivity contribution is -0.138. The molecule has 7 nitrogen and oxygen atoms in total. The molecule has 1 aromatic heterocycles. The van der Waals surface area contributed by atoms with Crippen molar-refractivity contribution < 1.29 is 42.0 Å². The molecule has 1 aliphatic carbocycles. The standard InChI is InChI=1S/C26H24F4N2O5/c1-14-8-16(27)4-5-22(14)37-23-11-19(15-2-3-15)21(26(28,29)30)10-20(23)25(35)32-17-6-7-31-24(9-17)36-13-18(34)12-33/h4-11,15,18,33-34H,2-3,12-13H2,1H3,(H,31,32,35)/t18-/m1/s1. The maximum atomic E-state index is 13.9. The Balaban J connectivity index is 1.69. The number of nitrogens with one attached hydrogen (secondary N) is 1. The van der Waals surface area contributed by atoms with Gasteiger partial charge in [0, 0.05) is 18.0 Å². The van der Waals surface area contributed by atoms with Crippen LogP contribution in [-0.4, -0.2) is 40.4 Å². The number of ether oxygens (including phenoxy) is 2. The van der Waals surface area contributed by atoms with Gasteiger partial charge in [-0.15, -0.1) is 0 Å². The molecule has 3 N–H and O–H groups in total. The highest BCUT2D eigenvalue weighted by Crippen LogP contribution is 2.48. The van der Waals surface area contributed by atoms with Gasteiger partial charge in [0.15, 0.2) is 0 Å². The number of anilines is 1. The highest BCUT2D eigenvalue weighted by molar-refractivity contribution is 6.06. The van der Waals surface area contributed by atoms with Gasteiger partial charge in [0.2, 0.25) is 5.88 Å². The molecule has 4 rings (SSSR count). The van der Waals surface area contributed by atoms with Crippen molar-refractivity contribution >= 4 is 11.6 Å². The normalized spacial score (nSPS) is 14.2. The van der Waals surface area contributed by atoms with Crippen LogP contribution >= 0.6 is 0 Å². The Labute approximate surface area is 209 Å². The van der Waals surface area contributed by atoms with Crippen molar-refractivity contribution in [2.45, 2.75) is 38.0 Å². The number of nitrogens with zero attached hydrogens (tertiary/aromatic N) is 1. The van der Waals surface area contributed by atoms with E-state index in [0.29, 0.717) is 18.4 Å². The van der Waals surface area contributed by atoms with Crippen molar-refractivity contribution in [3.63, 3.8) is 0 Å². The number of carbonyl (C=O) groups is 1. The number of alkyl halides is 3. The molecule has 1 amide bonds. The molecule has 1 atom stereocenters. The molecular formula is C26H24F4N2O5. The van der Waals surface area contributed by atoms with Crippen LogP contribution in [0.1, 0.15) is 45.8 Å². The van der Waals surface area contributed by atoms with Gasteiger partial charge in [-0.3, -0.25) is 4.79 Å². The number of aromatic nitrogens is 1. The predicted octanol–water partition coefficient (Wildman–Crippen LogP) is 5.20. The zero-order valence-electron chi connectivity index (χ0n) is 19.7. The van der Waals surface area contributed by atoms with E-state index in [9.17, 15) is 27.5 Å². The van der Waals surface area contributed by atoms with Crippen molar-refractivity contribution in [3.05, 3.63) is 76.7 Å². The maximum absolute atomic E-state index is 13.9. The van der Waals surface area contributed by atoms with E-state index in [0.717, 1.165) is 12.1 Å². The second-order valence-electron chi connectivity index (χ2n) is 8.70. The highest BCUT2D eigenvalue weighted by Gasteiger charge is 2.40. The first kappa shape index (κ1) is 26.4. The first-order valence-corrected chi connectivity index (χ1v) is 11.4. The van der Waals surface area contributed by atoms with Crippen molar-refractivity contribution in [1.29, 1.82) is 0 Å². The molecule has 1 heterocycles. The number of carbonyl (C=O) groups excluding carboxylic acids is 1. The number of rotatable bonds is 9. The lowest BCUT2D eigenvalue weighted by Crippen LogP contribution is -2.21. The molecule has 37 heavy (non-hydrogen) atoms. The van der Waals surface area contributed by atoms with Crippen molar-refractivity contribution in [1.82, 2.24) is 4.98 Å². The average Bonchev–Trinajstić information content (AvgIpc) is 3.69.